The number of nitrogens with zero attached hydrogens (tertiary/aromatic N) is 9. The van der Waals surface area contributed by atoms with E-state index in [4.69, 9.17) is 9.98 Å². The second-order valence-electron chi connectivity index (χ2n) is 9.46. The van der Waals surface area contributed by atoms with E-state index in [9.17, 15) is 0 Å². The van der Waals surface area contributed by atoms with Gasteiger partial charge >= 0.3 is 0 Å². The summed E-state index contributed by atoms with van der Waals surface area (Å²) in [5.74, 6) is 3.82. The summed E-state index contributed by atoms with van der Waals surface area (Å²) in [6.07, 6.45) is 12.7. The van der Waals surface area contributed by atoms with E-state index in [0.29, 0.717) is 0 Å². The van der Waals surface area contributed by atoms with Crippen molar-refractivity contribution < 1.29 is 0 Å². The molecule has 6 rings (SSSR count). The van der Waals surface area contributed by atoms with Crippen LogP contribution in [0.2, 0.25) is 0 Å². The topological polar surface area (TPSA) is 81.9 Å². The highest BCUT2D eigenvalue weighted by Crippen LogP contribution is 2.46. The van der Waals surface area contributed by atoms with Crippen molar-refractivity contribution in [1.82, 2.24) is 39.0 Å². The van der Waals surface area contributed by atoms with Crippen LogP contribution in [0.5, 0.6) is 0 Å². The van der Waals surface area contributed by atoms with Gasteiger partial charge < -0.3 is 9.47 Å². The van der Waals surface area contributed by atoms with Crippen LogP contribution in [0.15, 0.2) is 66.2 Å². The first-order valence-corrected chi connectivity index (χ1v) is 12.7. The van der Waals surface area contributed by atoms with Crippen molar-refractivity contribution in [2.75, 3.05) is 6.54 Å². The number of allylic oxidation sites excluding steroid dienone is 1. The van der Waals surface area contributed by atoms with Crippen LogP contribution in [0, 0.1) is 6.92 Å². The first kappa shape index (κ1) is 22.5. The Morgan fingerprint density at radius 3 is 2.83 bits per heavy atom. The van der Waals surface area contributed by atoms with Crippen molar-refractivity contribution in [3.8, 4) is 17.1 Å². The molecule has 2 aliphatic heterocycles. The third kappa shape index (κ3) is 3.26. The van der Waals surface area contributed by atoms with Crippen LogP contribution in [0.1, 0.15) is 57.8 Å². The van der Waals surface area contributed by atoms with Gasteiger partial charge in [0.05, 0.1) is 11.4 Å². The predicted molar refractivity (Wildman–Crippen MR) is 140 cm³/mol. The number of imidazole rings is 1. The van der Waals surface area contributed by atoms with Gasteiger partial charge in [0.2, 0.25) is 0 Å². The number of aromatic nitrogens is 7. The Morgan fingerprint density at radius 2 is 2.06 bits per heavy atom. The molecule has 1 saturated heterocycles. The molecule has 3 aromatic heterocycles. The molecule has 0 radical (unpaired) electrons. The number of aryl methyl sites for hydroxylation is 1. The highest BCUT2D eigenvalue weighted by atomic mass is 15.4. The Bertz CT molecular complexity index is 1460. The summed E-state index contributed by atoms with van der Waals surface area (Å²) in [4.78, 5) is 12.5. The van der Waals surface area contributed by atoms with E-state index in [1.165, 1.54) is 0 Å². The number of amidine groups is 1. The minimum Gasteiger partial charge on any atom is -0.342 e. The van der Waals surface area contributed by atoms with Gasteiger partial charge in [-0.05, 0) is 58.2 Å². The Hall–Kier alpha value is -4.01. The number of aliphatic imine (C=N–C) groups is 1. The summed E-state index contributed by atoms with van der Waals surface area (Å²) in [5, 5.41) is 13.5. The van der Waals surface area contributed by atoms with Gasteiger partial charge in [-0.15, -0.1) is 10.2 Å². The van der Waals surface area contributed by atoms with E-state index >= 15 is 0 Å². The lowest BCUT2D eigenvalue weighted by Crippen LogP contribution is -2.51. The maximum absolute atomic E-state index is 5.35. The molecular weight excluding hydrogens is 450 g/mol. The third-order valence-corrected chi connectivity index (χ3v) is 7.57. The van der Waals surface area contributed by atoms with E-state index in [-0.39, 0.29) is 11.7 Å². The van der Waals surface area contributed by atoms with Crippen LogP contribution in [-0.2, 0) is 5.54 Å². The van der Waals surface area contributed by atoms with Crippen LogP contribution >= 0.6 is 0 Å². The minimum absolute atomic E-state index is 0.158. The molecule has 2 aliphatic rings. The summed E-state index contributed by atoms with van der Waals surface area (Å²) < 4.78 is 6.21. The zero-order chi connectivity index (χ0) is 24.9. The fraction of sp³-hybridized carbons (Fsp3) is 0.370. The second-order valence-corrected chi connectivity index (χ2v) is 9.46. The summed E-state index contributed by atoms with van der Waals surface area (Å²) in [5.41, 5.74) is 2.90. The van der Waals surface area contributed by atoms with E-state index in [1.807, 2.05) is 48.4 Å². The molecule has 4 aromatic rings. The standard InChI is InChI=1S/C27H31N9/c1-5-23-25(34-15-8-12-27(34,6-2)26-32-31-20(4)36(23)26)30-19(3)33-17-14-28-24(33)21-10-7-11-22(18-21)35-16-9-13-29-35/h5,7,9-11,13-14,16-19H,6,8,12,15H2,1-4H3/b23-5+,30-25+. The molecule has 0 N–H and O–H groups in total. The molecule has 184 valence electrons. The minimum atomic E-state index is -0.164. The van der Waals surface area contributed by atoms with Crippen molar-refractivity contribution in [2.45, 2.75) is 58.7 Å². The molecule has 0 amide bonds. The number of benzene rings is 1. The predicted octanol–water partition coefficient (Wildman–Crippen LogP) is 4.83. The van der Waals surface area contributed by atoms with Crippen LogP contribution in [0.4, 0.5) is 0 Å². The fourth-order valence-electron chi connectivity index (χ4n) is 5.82. The smallest absolute Gasteiger partial charge is 0.163 e. The molecule has 9 heteroatoms. The Balaban J connectivity index is 1.43. The molecule has 2 atom stereocenters. The van der Waals surface area contributed by atoms with Crippen molar-refractivity contribution in [3.63, 3.8) is 0 Å². The molecule has 0 spiro atoms. The van der Waals surface area contributed by atoms with Crippen molar-refractivity contribution >= 4 is 11.5 Å². The molecule has 0 saturated carbocycles. The second kappa shape index (κ2) is 8.58. The molecular formula is C27H31N9. The molecule has 36 heavy (non-hydrogen) atoms. The molecule has 0 bridgehead atoms. The first-order valence-electron chi connectivity index (χ1n) is 12.7. The fourth-order valence-corrected chi connectivity index (χ4v) is 5.82. The average molecular weight is 482 g/mol. The van der Waals surface area contributed by atoms with Crippen LogP contribution in [0.25, 0.3) is 22.8 Å². The van der Waals surface area contributed by atoms with Crippen LogP contribution in [0.3, 0.4) is 0 Å². The Morgan fingerprint density at radius 1 is 1.17 bits per heavy atom. The normalized spacial score (nSPS) is 22.3. The average Bonchev–Trinajstić information content (AvgIpc) is 3.71. The van der Waals surface area contributed by atoms with Gasteiger partial charge in [0.1, 0.15) is 23.4 Å². The molecule has 1 fully saturated rings. The maximum Gasteiger partial charge on any atom is 0.163 e. The summed E-state index contributed by atoms with van der Waals surface area (Å²) in [7, 11) is 0. The van der Waals surface area contributed by atoms with E-state index < -0.39 is 0 Å². The maximum atomic E-state index is 5.35. The van der Waals surface area contributed by atoms with Gasteiger partial charge in [-0.2, -0.15) is 5.10 Å². The monoisotopic (exact) mass is 481 g/mol. The first-order chi connectivity index (χ1) is 17.6. The summed E-state index contributed by atoms with van der Waals surface area (Å²) >= 11 is 0. The molecule has 1 aromatic carbocycles. The summed E-state index contributed by atoms with van der Waals surface area (Å²) in [6.45, 7) is 9.42. The Labute approximate surface area is 210 Å². The van der Waals surface area contributed by atoms with E-state index in [2.05, 4.69) is 68.3 Å². The number of rotatable bonds is 5. The van der Waals surface area contributed by atoms with Gasteiger partial charge in [0.15, 0.2) is 11.7 Å². The molecule has 2 unspecified atom stereocenters. The van der Waals surface area contributed by atoms with E-state index in [1.54, 1.807) is 6.20 Å². The molecule has 9 nitrogen and oxygen atoms in total. The van der Waals surface area contributed by atoms with Gasteiger partial charge in [0.25, 0.3) is 0 Å². The van der Waals surface area contributed by atoms with E-state index in [0.717, 1.165) is 66.1 Å². The van der Waals surface area contributed by atoms with Gasteiger partial charge in [-0.25, -0.2) is 14.7 Å². The largest absolute Gasteiger partial charge is 0.342 e. The third-order valence-electron chi connectivity index (χ3n) is 7.57. The molecule has 5 heterocycles. The van der Waals surface area contributed by atoms with Crippen molar-refractivity contribution in [3.05, 3.63) is 72.8 Å². The lowest BCUT2D eigenvalue weighted by molar-refractivity contribution is 0.197. The van der Waals surface area contributed by atoms with Crippen molar-refractivity contribution in [2.24, 2.45) is 4.99 Å². The lowest BCUT2D eigenvalue weighted by Gasteiger charge is -2.44. The van der Waals surface area contributed by atoms with Crippen molar-refractivity contribution in [1.29, 1.82) is 0 Å². The van der Waals surface area contributed by atoms with Gasteiger partial charge in [0, 0.05) is 36.9 Å². The molecule has 0 aliphatic carbocycles. The number of hydrogen-bond donors (Lipinski definition) is 0. The highest BCUT2D eigenvalue weighted by molar-refractivity contribution is 6.18. The van der Waals surface area contributed by atoms with Crippen LogP contribution in [-0.4, -0.2) is 51.4 Å². The lowest BCUT2D eigenvalue weighted by atomic mass is 9.89. The quantitative estimate of drug-likeness (QED) is 0.408. The zero-order valence-corrected chi connectivity index (χ0v) is 21.2. The summed E-state index contributed by atoms with van der Waals surface area (Å²) in [6, 6.07) is 10.2. The van der Waals surface area contributed by atoms with Gasteiger partial charge in [-0.3, -0.25) is 4.57 Å². The highest BCUT2D eigenvalue weighted by Gasteiger charge is 2.51. The zero-order valence-electron chi connectivity index (χ0n) is 21.2. The Kier molecular flexibility index (Phi) is 5.35. The van der Waals surface area contributed by atoms with Crippen LogP contribution < -0.4 is 0 Å². The number of fused-ring (bicyclic) bond motifs is 3. The SMILES string of the molecule is C/C=C1\C(=N/C(C)n2ccnc2-c2cccc(-n3cccn3)c2)N2CCCC2(CC)c2nnc(C)n21. The number of hydrogen-bond acceptors (Lipinski definition) is 5. The van der Waals surface area contributed by atoms with Gasteiger partial charge in [-0.1, -0.05) is 25.1 Å².